The summed E-state index contributed by atoms with van der Waals surface area (Å²) < 4.78 is 5.86. The maximum Gasteiger partial charge on any atom is 0.173 e. The second kappa shape index (κ2) is 9.08. The Morgan fingerprint density at radius 2 is 1.59 bits per heavy atom. The molecule has 1 aliphatic rings. The van der Waals surface area contributed by atoms with Gasteiger partial charge >= 0.3 is 0 Å². The summed E-state index contributed by atoms with van der Waals surface area (Å²) in [6.07, 6.45) is -2.00. The summed E-state index contributed by atoms with van der Waals surface area (Å²) >= 11 is 1.13. The van der Waals surface area contributed by atoms with Crippen LogP contribution in [0.4, 0.5) is 0 Å². The van der Waals surface area contributed by atoms with Gasteiger partial charge in [0.1, 0.15) is 18.0 Å². The Morgan fingerprint density at radius 3 is 2.26 bits per heavy atom. The first-order chi connectivity index (χ1) is 13.0. The normalized spacial score (nSPS) is 28.1. The zero-order chi connectivity index (χ0) is 19.4. The molecule has 1 heterocycles. The minimum atomic E-state index is -1.35. The van der Waals surface area contributed by atoms with E-state index >= 15 is 0 Å². The van der Waals surface area contributed by atoms with E-state index in [1.165, 1.54) is 11.1 Å². The van der Waals surface area contributed by atoms with Crippen molar-refractivity contribution in [3.05, 3.63) is 65.2 Å². The number of hydrogen-bond donors (Lipinski definition) is 4. The van der Waals surface area contributed by atoms with E-state index < -0.39 is 29.0 Å². The molecule has 0 radical (unpaired) electrons. The maximum atomic E-state index is 10.2. The third-order valence-electron chi connectivity index (χ3n) is 4.84. The van der Waals surface area contributed by atoms with Crippen LogP contribution in [0.15, 0.2) is 48.5 Å². The van der Waals surface area contributed by atoms with Crippen LogP contribution in [0.3, 0.4) is 0 Å². The molecule has 2 aromatic rings. The maximum absolute atomic E-state index is 10.2. The summed E-state index contributed by atoms with van der Waals surface area (Å²) in [6.45, 7) is 1.83. The fraction of sp³-hybridized carbons (Fsp3) is 0.429. The fourth-order valence-corrected chi connectivity index (χ4v) is 4.40. The van der Waals surface area contributed by atoms with Crippen LogP contribution in [0.25, 0.3) is 0 Å². The molecule has 3 rings (SSSR count). The highest BCUT2D eigenvalue weighted by Gasteiger charge is 2.44. The SMILES string of the molecule is CCc1ccc(Cc2cccc(O[C@@H]3S[C@H](CO)[C@@H](O)[C@H](O)[C@H]3O)c2)cc1. The number of aryl methyl sites for hydroxylation is 1. The smallest absolute Gasteiger partial charge is 0.173 e. The van der Waals surface area contributed by atoms with Gasteiger partial charge in [-0.1, -0.05) is 43.3 Å². The molecule has 0 amide bonds. The Balaban J connectivity index is 1.69. The molecule has 0 aromatic heterocycles. The minimum Gasteiger partial charge on any atom is -0.477 e. The van der Waals surface area contributed by atoms with Gasteiger partial charge in [-0.05, 0) is 41.7 Å². The lowest BCUT2D eigenvalue weighted by Gasteiger charge is -2.39. The Bertz CT molecular complexity index is 734. The Morgan fingerprint density at radius 1 is 0.889 bits per heavy atom. The van der Waals surface area contributed by atoms with E-state index in [0.717, 1.165) is 30.2 Å². The summed E-state index contributed by atoms with van der Waals surface area (Å²) in [5.41, 5.74) is 2.82. The highest BCUT2D eigenvalue weighted by molar-refractivity contribution is 8.00. The molecular weight excluding hydrogens is 364 g/mol. The van der Waals surface area contributed by atoms with Crippen molar-refractivity contribution >= 4 is 11.8 Å². The predicted molar refractivity (Wildman–Crippen MR) is 106 cm³/mol. The van der Waals surface area contributed by atoms with Crippen molar-refractivity contribution in [2.45, 2.75) is 48.8 Å². The second-order valence-corrected chi connectivity index (χ2v) is 8.15. The first-order valence-corrected chi connectivity index (χ1v) is 10.1. The molecule has 0 unspecified atom stereocenters. The first kappa shape index (κ1) is 20.2. The van der Waals surface area contributed by atoms with Gasteiger partial charge in [-0.25, -0.2) is 0 Å². The molecule has 0 bridgehead atoms. The largest absolute Gasteiger partial charge is 0.477 e. The molecule has 1 saturated heterocycles. The quantitative estimate of drug-likeness (QED) is 0.601. The Hall–Kier alpha value is -1.57. The summed E-state index contributed by atoms with van der Waals surface area (Å²) in [7, 11) is 0. The Kier molecular flexibility index (Phi) is 6.78. The van der Waals surface area contributed by atoms with Gasteiger partial charge in [-0.15, -0.1) is 11.8 Å². The minimum absolute atomic E-state index is 0.302. The van der Waals surface area contributed by atoms with Gasteiger partial charge < -0.3 is 25.2 Å². The molecule has 27 heavy (non-hydrogen) atoms. The van der Waals surface area contributed by atoms with Crippen LogP contribution in [-0.2, 0) is 12.8 Å². The van der Waals surface area contributed by atoms with E-state index in [2.05, 4.69) is 31.2 Å². The lowest BCUT2D eigenvalue weighted by molar-refractivity contribution is -0.0909. The molecule has 146 valence electrons. The van der Waals surface area contributed by atoms with Crippen LogP contribution in [0, 0.1) is 0 Å². The van der Waals surface area contributed by atoms with Gasteiger partial charge in [0.25, 0.3) is 0 Å². The highest BCUT2D eigenvalue weighted by atomic mass is 32.2. The van der Waals surface area contributed by atoms with E-state index in [-0.39, 0.29) is 6.61 Å². The molecule has 4 N–H and O–H groups in total. The van der Waals surface area contributed by atoms with Crippen molar-refractivity contribution in [3.63, 3.8) is 0 Å². The van der Waals surface area contributed by atoms with Crippen molar-refractivity contribution in [1.29, 1.82) is 0 Å². The van der Waals surface area contributed by atoms with Crippen LogP contribution in [0.2, 0.25) is 0 Å². The molecule has 5 nitrogen and oxygen atoms in total. The number of aliphatic hydroxyl groups excluding tert-OH is 4. The standard InChI is InChI=1S/C21H26O5S/c1-2-13-6-8-14(9-7-13)10-15-4-3-5-16(11-15)26-21-20(25)19(24)18(23)17(12-22)27-21/h3-9,11,17-25H,2,10,12H2,1H3/t17-,18-,19+,20-,21-/m1/s1. The molecular formula is C21H26O5S. The lowest BCUT2D eigenvalue weighted by Crippen LogP contribution is -2.55. The third kappa shape index (κ3) is 4.83. The molecule has 2 aromatic carbocycles. The van der Waals surface area contributed by atoms with E-state index in [0.29, 0.717) is 5.75 Å². The topological polar surface area (TPSA) is 90.2 Å². The Labute approximate surface area is 163 Å². The van der Waals surface area contributed by atoms with Crippen molar-refractivity contribution in [3.8, 4) is 5.75 Å². The van der Waals surface area contributed by atoms with Crippen LogP contribution in [-0.4, -0.2) is 56.0 Å². The summed E-state index contributed by atoms with van der Waals surface area (Å²) in [4.78, 5) is 0. The monoisotopic (exact) mass is 390 g/mol. The molecule has 6 heteroatoms. The van der Waals surface area contributed by atoms with Gasteiger partial charge in [-0.2, -0.15) is 0 Å². The van der Waals surface area contributed by atoms with E-state index in [4.69, 9.17) is 4.74 Å². The van der Waals surface area contributed by atoms with Crippen LogP contribution in [0.5, 0.6) is 5.75 Å². The number of hydrogen-bond acceptors (Lipinski definition) is 6. The number of ether oxygens (including phenoxy) is 1. The average molecular weight is 391 g/mol. The van der Waals surface area contributed by atoms with Crippen molar-refractivity contribution in [1.82, 2.24) is 0 Å². The summed E-state index contributed by atoms with van der Waals surface area (Å²) in [5.74, 6) is 0.578. The average Bonchev–Trinajstić information content (AvgIpc) is 2.69. The molecule has 1 fully saturated rings. The molecule has 0 aliphatic carbocycles. The number of rotatable bonds is 6. The third-order valence-corrected chi connectivity index (χ3v) is 6.26. The second-order valence-electron chi connectivity index (χ2n) is 6.81. The van der Waals surface area contributed by atoms with Crippen LogP contribution < -0.4 is 4.74 Å². The zero-order valence-corrected chi connectivity index (χ0v) is 16.0. The number of thioether (sulfide) groups is 1. The van der Waals surface area contributed by atoms with Gasteiger partial charge in [0, 0.05) is 0 Å². The van der Waals surface area contributed by atoms with E-state index in [9.17, 15) is 20.4 Å². The molecule has 0 spiro atoms. The van der Waals surface area contributed by atoms with Gasteiger partial charge in [-0.3, -0.25) is 0 Å². The lowest BCUT2D eigenvalue weighted by atomic mass is 10.0. The first-order valence-electron chi connectivity index (χ1n) is 9.15. The van der Waals surface area contributed by atoms with Crippen LogP contribution >= 0.6 is 11.8 Å². The van der Waals surface area contributed by atoms with Crippen molar-refractivity contribution in [2.75, 3.05) is 6.61 Å². The molecule has 1 aliphatic heterocycles. The predicted octanol–water partition coefficient (Wildman–Crippen LogP) is 1.74. The van der Waals surface area contributed by atoms with Crippen molar-refractivity contribution < 1.29 is 25.2 Å². The van der Waals surface area contributed by atoms with E-state index in [1.807, 2.05) is 18.2 Å². The van der Waals surface area contributed by atoms with Crippen LogP contribution in [0.1, 0.15) is 23.6 Å². The van der Waals surface area contributed by atoms with Gasteiger partial charge in [0.2, 0.25) is 0 Å². The highest BCUT2D eigenvalue weighted by Crippen LogP contribution is 2.34. The number of benzene rings is 2. The van der Waals surface area contributed by atoms with Gasteiger partial charge in [0.15, 0.2) is 5.44 Å². The molecule has 5 atom stereocenters. The fourth-order valence-electron chi connectivity index (χ4n) is 3.16. The van der Waals surface area contributed by atoms with Crippen molar-refractivity contribution in [2.24, 2.45) is 0 Å². The number of aliphatic hydroxyl groups is 4. The summed E-state index contributed by atoms with van der Waals surface area (Å²) in [5, 5.41) is 38.8. The molecule has 0 saturated carbocycles. The van der Waals surface area contributed by atoms with E-state index in [1.54, 1.807) is 6.07 Å². The van der Waals surface area contributed by atoms with Gasteiger partial charge in [0.05, 0.1) is 18.0 Å². The zero-order valence-electron chi connectivity index (χ0n) is 15.2. The summed E-state index contributed by atoms with van der Waals surface area (Å²) in [6, 6.07) is 16.1.